The third kappa shape index (κ3) is 1.86. The average Bonchev–Trinajstić information content (AvgIpc) is 2.32. The molecule has 0 radical (unpaired) electrons. The van der Waals surface area contributed by atoms with Crippen LogP contribution < -0.4 is 0 Å². The summed E-state index contributed by atoms with van der Waals surface area (Å²) in [6.45, 7) is 8.77. The van der Waals surface area contributed by atoms with Gasteiger partial charge in [0.05, 0.1) is 5.71 Å². The summed E-state index contributed by atoms with van der Waals surface area (Å²) in [4.78, 5) is 0. The first-order valence-corrected chi connectivity index (χ1v) is 6.30. The van der Waals surface area contributed by atoms with E-state index in [0.29, 0.717) is 11.6 Å². The van der Waals surface area contributed by atoms with E-state index in [9.17, 15) is 0 Å². The molecule has 1 aromatic carbocycles. The van der Waals surface area contributed by atoms with E-state index in [4.69, 9.17) is 5.21 Å². The molecule has 1 aliphatic carbocycles. The lowest BCUT2D eigenvalue weighted by molar-refractivity contribution is 0.300. The Labute approximate surface area is 103 Å². The molecule has 17 heavy (non-hydrogen) atoms. The second-order valence-electron chi connectivity index (χ2n) is 5.69. The van der Waals surface area contributed by atoms with Gasteiger partial charge in [0.1, 0.15) is 0 Å². The van der Waals surface area contributed by atoms with Gasteiger partial charge in [-0.3, -0.25) is 0 Å². The Kier molecular flexibility index (Phi) is 2.98. The minimum atomic E-state index is 0.149. The van der Waals surface area contributed by atoms with Crippen molar-refractivity contribution in [3.63, 3.8) is 0 Å². The van der Waals surface area contributed by atoms with Crippen molar-refractivity contribution in [2.45, 2.75) is 46.0 Å². The molecule has 0 amide bonds. The van der Waals surface area contributed by atoms with E-state index in [0.717, 1.165) is 12.0 Å². The standard InChI is InChI=1S/C15H21NO/c1-10-8-9-12-6-5-7-13(11(2)16-17)14(12)15(10,3)4/h5-7,10,17H,8-9H2,1-4H3/b16-11-. The van der Waals surface area contributed by atoms with Gasteiger partial charge in [0.15, 0.2) is 0 Å². The molecule has 1 unspecified atom stereocenters. The number of oxime groups is 1. The Balaban J connectivity index is 2.67. The summed E-state index contributed by atoms with van der Waals surface area (Å²) in [6, 6.07) is 6.33. The fraction of sp³-hybridized carbons (Fsp3) is 0.533. The molecule has 1 atom stereocenters. The second-order valence-corrected chi connectivity index (χ2v) is 5.69. The largest absolute Gasteiger partial charge is 0.411 e. The zero-order valence-corrected chi connectivity index (χ0v) is 11.1. The van der Waals surface area contributed by atoms with Crippen LogP contribution in [0.3, 0.4) is 0 Å². The predicted molar refractivity (Wildman–Crippen MR) is 71.0 cm³/mol. The summed E-state index contributed by atoms with van der Waals surface area (Å²) in [5.74, 6) is 0.655. The van der Waals surface area contributed by atoms with Crippen molar-refractivity contribution in [2.75, 3.05) is 0 Å². The molecule has 1 aliphatic rings. The minimum Gasteiger partial charge on any atom is -0.411 e. The molecule has 92 valence electrons. The number of aryl methyl sites for hydroxylation is 1. The van der Waals surface area contributed by atoms with E-state index in [1.54, 1.807) is 0 Å². The molecule has 1 N–H and O–H groups in total. The maximum atomic E-state index is 9.01. The number of benzene rings is 1. The fourth-order valence-electron chi connectivity index (χ4n) is 2.90. The summed E-state index contributed by atoms with van der Waals surface area (Å²) in [6.07, 6.45) is 2.37. The van der Waals surface area contributed by atoms with Gasteiger partial charge in [0.25, 0.3) is 0 Å². The highest BCUT2D eigenvalue weighted by atomic mass is 16.4. The maximum Gasteiger partial charge on any atom is 0.0840 e. The van der Waals surface area contributed by atoms with Gasteiger partial charge in [0, 0.05) is 5.56 Å². The predicted octanol–water partition coefficient (Wildman–Crippen LogP) is 3.74. The van der Waals surface area contributed by atoms with E-state index < -0.39 is 0 Å². The third-order valence-corrected chi connectivity index (χ3v) is 4.41. The molecule has 0 aliphatic heterocycles. The fourth-order valence-corrected chi connectivity index (χ4v) is 2.90. The lowest BCUT2D eigenvalue weighted by atomic mass is 9.64. The quantitative estimate of drug-likeness (QED) is 0.445. The molecule has 2 heteroatoms. The van der Waals surface area contributed by atoms with Crippen LogP contribution >= 0.6 is 0 Å². The van der Waals surface area contributed by atoms with Crippen molar-refractivity contribution in [3.8, 4) is 0 Å². The van der Waals surface area contributed by atoms with Crippen LogP contribution in [0, 0.1) is 5.92 Å². The van der Waals surface area contributed by atoms with E-state index >= 15 is 0 Å². The van der Waals surface area contributed by atoms with Crippen LogP contribution in [0.25, 0.3) is 0 Å². The average molecular weight is 231 g/mol. The van der Waals surface area contributed by atoms with Crippen LogP contribution in [-0.2, 0) is 11.8 Å². The van der Waals surface area contributed by atoms with E-state index in [1.165, 1.54) is 17.5 Å². The van der Waals surface area contributed by atoms with E-state index in [2.05, 4.69) is 44.1 Å². The SMILES string of the molecule is C/C(=N/O)c1cccc2c1C(C)(C)C(C)CC2. The molecule has 0 heterocycles. The highest BCUT2D eigenvalue weighted by Gasteiger charge is 2.35. The van der Waals surface area contributed by atoms with Crippen LogP contribution in [0.4, 0.5) is 0 Å². The smallest absolute Gasteiger partial charge is 0.0840 e. The second kappa shape index (κ2) is 4.17. The Morgan fingerprint density at radius 1 is 1.41 bits per heavy atom. The summed E-state index contributed by atoms with van der Waals surface area (Å²) in [5.41, 5.74) is 4.74. The number of hydrogen-bond acceptors (Lipinski definition) is 2. The summed E-state index contributed by atoms with van der Waals surface area (Å²) in [7, 11) is 0. The van der Waals surface area contributed by atoms with Gasteiger partial charge in [-0.1, -0.05) is 44.1 Å². The highest BCUT2D eigenvalue weighted by molar-refractivity contribution is 6.00. The zero-order valence-electron chi connectivity index (χ0n) is 11.1. The van der Waals surface area contributed by atoms with Crippen LogP contribution in [0.1, 0.15) is 50.8 Å². The van der Waals surface area contributed by atoms with Crippen molar-refractivity contribution in [1.82, 2.24) is 0 Å². The van der Waals surface area contributed by atoms with Crippen molar-refractivity contribution in [3.05, 3.63) is 34.9 Å². The molecule has 2 nitrogen and oxygen atoms in total. The van der Waals surface area contributed by atoms with Crippen LogP contribution in [0.5, 0.6) is 0 Å². The Bertz CT molecular complexity index is 460. The van der Waals surface area contributed by atoms with Crippen LogP contribution in [0.2, 0.25) is 0 Å². The summed E-state index contributed by atoms with van der Waals surface area (Å²) >= 11 is 0. The Morgan fingerprint density at radius 3 is 2.76 bits per heavy atom. The number of fused-ring (bicyclic) bond motifs is 1. The van der Waals surface area contributed by atoms with Crippen molar-refractivity contribution in [1.29, 1.82) is 0 Å². The molecule has 0 aromatic heterocycles. The Morgan fingerprint density at radius 2 is 2.12 bits per heavy atom. The topological polar surface area (TPSA) is 32.6 Å². The van der Waals surface area contributed by atoms with Crippen molar-refractivity contribution < 1.29 is 5.21 Å². The molecule has 0 spiro atoms. The first kappa shape index (κ1) is 12.2. The van der Waals surface area contributed by atoms with Crippen molar-refractivity contribution >= 4 is 5.71 Å². The summed E-state index contributed by atoms with van der Waals surface area (Å²) < 4.78 is 0. The first-order valence-electron chi connectivity index (χ1n) is 6.30. The monoisotopic (exact) mass is 231 g/mol. The van der Waals surface area contributed by atoms with E-state index in [-0.39, 0.29) is 5.41 Å². The lowest BCUT2D eigenvalue weighted by Gasteiger charge is -2.40. The molecule has 0 saturated heterocycles. The first-order chi connectivity index (χ1) is 7.98. The van der Waals surface area contributed by atoms with Crippen LogP contribution in [0.15, 0.2) is 23.4 Å². The molecule has 2 rings (SSSR count). The normalized spacial score (nSPS) is 23.3. The maximum absolute atomic E-state index is 9.01. The highest BCUT2D eigenvalue weighted by Crippen LogP contribution is 2.42. The third-order valence-electron chi connectivity index (χ3n) is 4.41. The lowest BCUT2D eigenvalue weighted by Crippen LogP contribution is -2.34. The molecular weight excluding hydrogens is 210 g/mol. The van der Waals surface area contributed by atoms with Gasteiger partial charge < -0.3 is 5.21 Å². The molecular formula is C15H21NO. The van der Waals surface area contributed by atoms with Crippen molar-refractivity contribution in [2.24, 2.45) is 11.1 Å². The molecule has 0 fully saturated rings. The van der Waals surface area contributed by atoms with Gasteiger partial charge in [-0.2, -0.15) is 0 Å². The van der Waals surface area contributed by atoms with Crippen LogP contribution in [-0.4, -0.2) is 10.9 Å². The molecule has 1 aromatic rings. The summed E-state index contributed by atoms with van der Waals surface area (Å²) in [5, 5.41) is 12.4. The van der Waals surface area contributed by atoms with Gasteiger partial charge in [-0.25, -0.2) is 0 Å². The van der Waals surface area contributed by atoms with Gasteiger partial charge in [-0.05, 0) is 42.2 Å². The van der Waals surface area contributed by atoms with Gasteiger partial charge >= 0.3 is 0 Å². The number of rotatable bonds is 1. The Hall–Kier alpha value is -1.31. The van der Waals surface area contributed by atoms with Gasteiger partial charge in [-0.15, -0.1) is 0 Å². The number of hydrogen-bond donors (Lipinski definition) is 1. The molecule has 0 bridgehead atoms. The number of nitrogens with zero attached hydrogens (tertiary/aromatic N) is 1. The minimum absolute atomic E-state index is 0.149. The van der Waals surface area contributed by atoms with E-state index in [1.807, 2.05) is 6.92 Å². The van der Waals surface area contributed by atoms with Gasteiger partial charge in [0.2, 0.25) is 0 Å². The zero-order chi connectivity index (χ0) is 12.6. The molecule has 0 saturated carbocycles.